The largest absolute Gasteiger partial charge is 0.125 e. The summed E-state index contributed by atoms with van der Waals surface area (Å²) in [4.78, 5) is 1.24. The molecule has 0 atom stereocenters. The molecule has 0 fully saturated rings. The van der Waals surface area contributed by atoms with Gasteiger partial charge in [0.15, 0.2) is 0 Å². The predicted molar refractivity (Wildman–Crippen MR) is 55.5 cm³/mol. The highest BCUT2D eigenvalue weighted by Gasteiger charge is 2.09. The average Bonchev–Trinajstić information content (AvgIpc) is 2.02. The van der Waals surface area contributed by atoms with Gasteiger partial charge in [-0.3, -0.25) is 0 Å². The van der Waals surface area contributed by atoms with Crippen LogP contribution in [0.15, 0.2) is 29.2 Å². The van der Waals surface area contributed by atoms with E-state index < -0.39 is 0 Å². The van der Waals surface area contributed by atoms with E-state index in [4.69, 9.17) is 0 Å². The molecule has 0 heterocycles. The highest BCUT2D eigenvalue weighted by Crippen LogP contribution is 2.26. The summed E-state index contributed by atoms with van der Waals surface area (Å²) in [7, 11) is 0. The zero-order valence-electron chi connectivity index (χ0n) is 7.92. The van der Waals surface area contributed by atoms with Crippen LogP contribution in [0.4, 0.5) is 0 Å². The molecule has 0 saturated heterocycles. The summed E-state index contributed by atoms with van der Waals surface area (Å²) < 4.78 is 0. The van der Waals surface area contributed by atoms with Crippen molar-refractivity contribution < 1.29 is 0 Å². The summed E-state index contributed by atoms with van der Waals surface area (Å²) >= 11 is 1.87. The van der Waals surface area contributed by atoms with Gasteiger partial charge in [0.2, 0.25) is 0 Å². The molecule has 0 N–H and O–H groups in total. The standard InChI is InChI=1S/C11H15S/c1-11(2,3)9-12-10-7-5-4-6-8-10/h4-7H,9H2,1-3H3. The van der Waals surface area contributed by atoms with Crippen LogP contribution in [0, 0.1) is 11.5 Å². The van der Waals surface area contributed by atoms with E-state index in [0.717, 1.165) is 5.75 Å². The third-order valence-electron chi connectivity index (χ3n) is 1.34. The molecule has 0 aliphatic heterocycles. The Hall–Kier alpha value is -0.430. The van der Waals surface area contributed by atoms with E-state index in [1.165, 1.54) is 4.90 Å². The number of rotatable bonds is 2. The van der Waals surface area contributed by atoms with Crippen LogP contribution in [0.3, 0.4) is 0 Å². The molecule has 0 spiro atoms. The van der Waals surface area contributed by atoms with Gasteiger partial charge in [0.05, 0.1) is 0 Å². The highest BCUT2D eigenvalue weighted by atomic mass is 32.2. The van der Waals surface area contributed by atoms with E-state index in [1.807, 2.05) is 23.9 Å². The quantitative estimate of drug-likeness (QED) is 0.625. The van der Waals surface area contributed by atoms with Crippen molar-refractivity contribution >= 4 is 11.8 Å². The molecule has 1 rings (SSSR count). The van der Waals surface area contributed by atoms with Crippen molar-refractivity contribution in [3.05, 3.63) is 30.3 Å². The van der Waals surface area contributed by atoms with Crippen LogP contribution < -0.4 is 0 Å². The van der Waals surface area contributed by atoms with E-state index in [-0.39, 0.29) is 0 Å². The Labute approximate surface area is 79.4 Å². The predicted octanol–water partition coefficient (Wildman–Crippen LogP) is 3.62. The number of benzene rings is 1. The maximum absolute atomic E-state index is 3.20. The number of hydrogen-bond acceptors (Lipinski definition) is 1. The summed E-state index contributed by atoms with van der Waals surface area (Å²) in [6, 6.07) is 11.3. The summed E-state index contributed by atoms with van der Waals surface area (Å²) in [5.41, 5.74) is 0.397. The maximum Gasteiger partial charge on any atom is 0.0151 e. The molecule has 65 valence electrons. The molecule has 0 bridgehead atoms. The fourth-order valence-corrected chi connectivity index (χ4v) is 1.68. The van der Waals surface area contributed by atoms with E-state index in [1.54, 1.807) is 0 Å². The van der Waals surface area contributed by atoms with Gasteiger partial charge in [-0.05, 0) is 17.5 Å². The Morgan fingerprint density at radius 1 is 1.33 bits per heavy atom. The van der Waals surface area contributed by atoms with Crippen molar-refractivity contribution in [1.29, 1.82) is 0 Å². The Morgan fingerprint density at radius 3 is 2.58 bits per heavy atom. The van der Waals surface area contributed by atoms with Crippen LogP contribution in [-0.2, 0) is 0 Å². The van der Waals surface area contributed by atoms with E-state index in [0.29, 0.717) is 5.41 Å². The summed E-state index contributed by atoms with van der Waals surface area (Å²) in [5, 5.41) is 0. The van der Waals surface area contributed by atoms with E-state index in [2.05, 4.69) is 39.0 Å². The molecule has 1 heteroatoms. The Bertz CT molecular complexity index is 221. The lowest BCUT2D eigenvalue weighted by atomic mass is 10.0. The van der Waals surface area contributed by atoms with Crippen molar-refractivity contribution in [2.24, 2.45) is 5.41 Å². The fraction of sp³-hybridized carbons (Fsp3) is 0.455. The van der Waals surface area contributed by atoms with Crippen molar-refractivity contribution in [1.82, 2.24) is 0 Å². The molecule has 0 nitrogen and oxygen atoms in total. The molecule has 0 aliphatic rings. The molecule has 0 amide bonds. The van der Waals surface area contributed by atoms with Gasteiger partial charge in [-0.25, -0.2) is 0 Å². The van der Waals surface area contributed by atoms with Gasteiger partial charge >= 0.3 is 0 Å². The first kappa shape index (κ1) is 9.66. The molecule has 0 aromatic heterocycles. The second-order valence-corrected chi connectivity index (χ2v) is 5.09. The SMILES string of the molecule is CC(C)(C)CSc1[c]cccc1. The minimum absolute atomic E-state index is 0.397. The monoisotopic (exact) mass is 179 g/mol. The first-order valence-electron chi connectivity index (χ1n) is 4.17. The molecule has 1 aromatic rings. The highest BCUT2D eigenvalue weighted by molar-refractivity contribution is 7.99. The number of thioether (sulfide) groups is 1. The number of hydrogen-bond donors (Lipinski definition) is 0. The van der Waals surface area contributed by atoms with Gasteiger partial charge in [-0.15, -0.1) is 11.8 Å². The van der Waals surface area contributed by atoms with E-state index >= 15 is 0 Å². The van der Waals surface area contributed by atoms with Gasteiger partial charge in [0.1, 0.15) is 0 Å². The minimum atomic E-state index is 0.397. The van der Waals surface area contributed by atoms with Crippen molar-refractivity contribution in [2.75, 3.05) is 5.75 Å². The second-order valence-electron chi connectivity index (χ2n) is 4.08. The zero-order valence-corrected chi connectivity index (χ0v) is 8.74. The lowest BCUT2D eigenvalue weighted by Crippen LogP contribution is -2.07. The maximum atomic E-state index is 3.20. The van der Waals surface area contributed by atoms with Crippen LogP contribution in [0.1, 0.15) is 20.8 Å². The molecular weight excluding hydrogens is 164 g/mol. The summed E-state index contributed by atoms with van der Waals surface area (Å²) in [6.45, 7) is 6.76. The first-order chi connectivity index (χ1) is 5.58. The van der Waals surface area contributed by atoms with Gasteiger partial charge in [-0.1, -0.05) is 39.0 Å². The smallest absolute Gasteiger partial charge is 0.0151 e. The van der Waals surface area contributed by atoms with E-state index in [9.17, 15) is 0 Å². The molecule has 12 heavy (non-hydrogen) atoms. The zero-order chi connectivity index (χ0) is 9.03. The Kier molecular flexibility index (Phi) is 3.21. The summed E-state index contributed by atoms with van der Waals surface area (Å²) in [6.07, 6.45) is 0. The lowest BCUT2D eigenvalue weighted by Gasteiger charge is -2.16. The van der Waals surface area contributed by atoms with Crippen molar-refractivity contribution in [3.63, 3.8) is 0 Å². The van der Waals surface area contributed by atoms with Gasteiger partial charge < -0.3 is 0 Å². The fourth-order valence-electron chi connectivity index (χ4n) is 0.761. The van der Waals surface area contributed by atoms with Gasteiger partial charge in [0.25, 0.3) is 0 Å². The molecule has 1 aromatic carbocycles. The third kappa shape index (κ3) is 3.82. The molecule has 0 saturated carbocycles. The van der Waals surface area contributed by atoms with Gasteiger partial charge in [0, 0.05) is 10.6 Å². The Morgan fingerprint density at radius 2 is 2.08 bits per heavy atom. The first-order valence-corrected chi connectivity index (χ1v) is 5.16. The minimum Gasteiger partial charge on any atom is -0.125 e. The summed E-state index contributed by atoms with van der Waals surface area (Å²) in [5.74, 6) is 1.15. The molecule has 0 aliphatic carbocycles. The molecule has 0 unspecified atom stereocenters. The Balaban J connectivity index is 2.44. The van der Waals surface area contributed by atoms with Crippen LogP contribution in [-0.4, -0.2) is 5.75 Å². The van der Waals surface area contributed by atoms with Crippen LogP contribution in [0.25, 0.3) is 0 Å². The third-order valence-corrected chi connectivity index (χ3v) is 2.92. The molecule has 1 radical (unpaired) electrons. The van der Waals surface area contributed by atoms with Crippen LogP contribution in [0.5, 0.6) is 0 Å². The van der Waals surface area contributed by atoms with Crippen LogP contribution in [0.2, 0.25) is 0 Å². The lowest BCUT2D eigenvalue weighted by molar-refractivity contribution is 0.481. The second kappa shape index (κ2) is 3.99. The van der Waals surface area contributed by atoms with Crippen molar-refractivity contribution in [2.45, 2.75) is 25.7 Å². The molecular formula is C11H15S. The van der Waals surface area contributed by atoms with Gasteiger partial charge in [-0.2, -0.15) is 0 Å². The van der Waals surface area contributed by atoms with Crippen molar-refractivity contribution in [3.8, 4) is 0 Å². The average molecular weight is 179 g/mol. The van der Waals surface area contributed by atoms with Crippen LogP contribution >= 0.6 is 11.8 Å². The topological polar surface area (TPSA) is 0 Å². The normalized spacial score (nSPS) is 11.6.